The lowest BCUT2D eigenvalue weighted by Gasteiger charge is -2.30. The van der Waals surface area contributed by atoms with Crippen molar-refractivity contribution in [2.75, 3.05) is 14.2 Å². The van der Waals surface area contributed by atoms with Crippen LogP contribution in [0.2, 0.25) is 10.0 Å². The van der Waals surface area contributed by atoms with Gasteiger partial charge in [-0.2, -0.15) is 0 Å². The normalized spacial score (nSPS) is 20.6. The maximum atomic E-state index is 13.0. The second kappa shape index (κ2) is 10.6. The highest BCUT2D eigenvalue weighted by atomic mass is 35.5. The molecule has 10 heteroatoms. The molecular formula is C26H20Cl2O8. The van der Waals surface area contributed by atoms with Gasteiger partial charge in [-0.1, -0.05) is 23.2 Å². The average Bonchev–Trinajstić information content (AvgIpc) is 3.44. The molecule has 2 aliphatic heterocycles. The highest BCUT2D eigenvalue weighted by Gasteiger charge is 2.54. The summed E-state index contributed by atoms with van der Waals surface area (Å²) in [5.41, 5.74) is 1.07. The zero-order chi connectivity index (χ0) is 26.0. The molecule has 0 unspecified atom stereocenters. The van der Waals surface area contributed by atoms with Crippen LogP contribution in [0.3, 0.4) is 0 Å². The minimum atomic E-state index is -1.54. The fraction of sp³-hybridized carbons (Fsp3) is 0.231. The molecule has 8 nitrogen and oxygen atoms in total. The molecule has 4 rings (SSSR count). The lowest BCUT2D eigenvalue weighted by molar-refractivity contribution is -0.169. The topological polar surface area (TPSA) is 105 Å². The summed E-state index contributed by atoms with van der Waals surface area (Å²) in [6.45, 7) is 0. The minimum Gasteiger partial charge on any atom is -0.481 e. The molecule has 0 bridgehead atoms. The van der Waals surface area contributed by atoms with E-state index in [-0.39, 0.29) is 11.5 Å². The van der Waals surface area contributed by atoms with E-state index < -0.39 is 47.5 Å². The first-order valence-corrected chi connectivity index (χ1v) is 11.5. The molecule has 0 N–H and O–H groups in total. The first-order chi connectivity index (χ1) is 17.2. The Morgan fingerprint density at radius 1 is 0.694 bits per heavy atom. The molecule has 0 saturated heterocycles. The molecule has 4 atom stereocenters. The van der Waals surface area contributed by atoms with Gasteiger partial charge in [0.05, 0.1) is 14.2 Å². The van der Waals surface area contributed by atoms with Gasteiger partial charge in [0.25, 0.3) is 0 Å². The number of hydrogen-bond donors (Lipinski definition) is 0. The van der Waals surface area contributed by atoms with Gasteiger partial charge in [0.2, 0.25) is 11.6 Å². The molecule has 186 valence electrons. The number of ketones is 2. The van der Waals surface area contributed by atoms with Gasteiger partial charge in [0.1, 0.15) is 23.4 Å². The van der Waals surface area contributed by atoms with E-state index in [1.807, 2.05) is 0 Å². The van der Waals surface area contributed by atoms with Crippen LogP contribution in [0.1, 0.15) is 11.1 Å². The van der Waals surface area contributed by atoms with Crippen LogP contribution in [0, 0.1) is 11.8 Å². The quantitative estimate of drug-likeness (QED) is 0.496. The van der Waals surface area contributed by atoms with Crippen LogP contribution in [0.15, 0.2) is 60.7 Å². The van der Waals surface area contributed by atoms with E-state index in [1.54, 1.807) is 48.5 Å². The van der Waals surface area contributed by atoms with Crippen molar-refractivity contribution < 1.29 is 38.1 Å². The van der Waals surface area contributed by atoms with Crippen molar-refractivity contribution in [1.82, 2.24) is 0 Å². The van der Waals surface area contributed by atoms with E-state index in [9.17, 15) is 19.2 Å². The number of carbonyl (C=O) groups excluding carboxylic acids is 4. The standard InChI is InChI=1S/C26H20Cl2O8/c1-33-25(31)21(23-17(29)11-19(35-23)13-3-7-15(27)8-4-13)22(26(32)34-2)24-18(30)12-20(36-24)14-5-9-16(28)10-6-14/h3-12,21-24H,1-2H3/t21-,22-,23-,24+/m0/s1. The lowest BCUT2D eigenvalue weighted by atomic mass is 9.81. The van der Waals surface area contributed by atoms with Crippen molar-refractivity contribution in [3.63, 3.8) is 0 Å². The lowest BCUT2D eigenvalue weighted by Crippen LogP contribution is -2.49. The minimum absolute atomic E-state index is 0.179. The van der Waals surface area contributed by atoms with Gasteiger partial charge >= 0.3 is 11.9 Å². The highest BCUT2D eigenvalue weighted by Crippen LogP contribution is 2.38. The van der Waals surface area contributed by atoms with Gasteiger partial charge in [-0.05, 0) is 48.5 Å². The van der Waals surface area contributed by atoms with Crippen molar-refractivity contribution >= 4 is 58.2 Å². The largest absolute Gasteiger partial charge is 0.481 e. The maximum absolute atomic E-state index is 13.0. The predicted molar refractivity (Wildman–Crippen MR) is 130 cm³/mol. The van der Waals surface area contributed by atoms with Crippen LogP contribution in [0.5, 0.6) is 0 Å². The number of ether oxygens (including phenoxy) is 4. The average molecular weight is 531 g/mol. The molecule has 2 aliphatic rings. The van der Waals surface area contributed by atoms with Crippen LogP contribution in [-0.2, 0) is 38.1 Å². The second-order valence-corrected chi connectivity index (χ2v) is 8.88. The Bertz CT molecular complexity index is 1160. The van der Waals surface area contributed by atoms with Crippen molar-refractivity contribution in [2.45, 2.75) is 12.2 Å². The van der Waals surface area contributed by atoms with E-state index in [4.69, 9.17) is 42.1 Å². The third-order valence-electron chi connectivity index (χ3n) is 5.86. The molecule has 0 aliphatic carbocycles. The Kier molecular flexibility index (Phi) is 7.47. The Balaban J connectivity index is 1.66. The molecule has 0 spiro atoms. The van der Waals surface area contributed by atoms with Gasteiger partial charge in [-0.25, -0.2) is 0 Å². The fourth-order valence-electron chi connectivity index (χ4n) is 4.10. The zero-order valence-electron chi connectivity index (χ0n) is 19.1. The van der Waals surface area contributed by atoms with Gasteiger partial charge in [-0.15, -0.1) is 0 Å². The Morgan fingerprint density at radius 2 is 1.03 bits per heavy atom. The van der Waals surface area contributed by atoms with Crippen LogP contribution in [0.4, 0.5) is 0 Å². The Hall–Kier alpha value is -3.62. The summed E-state index contributed by atoms with van der Waals surface area (Å²) in [5.74, 6) is -5.76. The van der Waals surface area contributed by atoms with E-state index in [2.05, 4.69) is 0 Å². The van der Waals surface area contributed by atoms with Gasteiger partial charge in [0.15, 0.2) is 12.2 Å². The number of esters is 2. The monoisotopic (exact) mass is 530 g/mol. The van der Waals surface area contributed by atoms with E-state index in [0.717, 1.165) is 14.2 Å². The Labute approximate surface area is 216 Å². The third-order valence-corrected chi connectivity index (χ3v) is 6.36. The zero-order valence-corrected chi connectivity index (χ0v) is 20.6. The van der Waals surface area contributed by atoms with Gasteiger partial charge < -0.3 is 18.9 Å². The molecular weight excluding hydrogens is 511 g/mol. The van der Waals surface area contributed by atoms with Crippen molar-refractivity contribution in [3.8, 4) is 0 Å². The van der Waals surface area contributed by atoms with E-state index in [0.29, 0.717) is 21.2 Å². The second-order valence-electron chi connectivity index (χ2n) is 8.01. The third kappa shape index (κ3) is 5.01. The molecule has 0 radical (unpaired) electrons. The summed E-state index contributed by atoms with van der Waals surface area (Å²) < 4.78 is 21.5. The SMILES string of the molecule is COC(=O)[C@@H]([C@H](C(=O)OC)[C@H]1OC(c2ccc(Cl)cc2)=CC1=O)[C@@H]1OC(c2ccc(Cl)cc2)=CC1=O. The number of rotatable bonds is 7. The molecule has 2 heterocycles. The van der Waals surface area contributed by atoms with Gasteiger partial charge in [0, 0.05) is 33.3 Å². The van der Waals surface area contributed by atoms with Crippen molar-refractivity contribution in [3.05, 3.63) is 81.9 Å². The number of hydrogen-bond acceptors (Lipinski definition) is 8. The van der Waals surface area contributed by atoms with Crippen LogP contribution >= 0.6 is 23.2 Å². The first kappa shape index (κ1) is 25.5. The first-order valence-electron chi connectivity index (χ1n) is 10.8. The molecule has 2 aromatic carbocycles. The molecule has 0 aromatic heterocycles. The molecule has 0 fully saturated rings. The number of carbonyl (C=O) groups is 4. The van der Waals surface area contributed by atoms with Crippen LogP contribution < -0.4 is 0 Å². The number of halogens is 2. The molecule has 2 aromatic rings. The summed E-state index contributed by atoms with van der Waals surface area (Å²) in [7, 11) is 2.21. The predicted octanol–water partition coefficient (Wildman–Crippen LogP) is 3.89. The smallest absolute Gasteiger partial charge is 0.313 e. The Morgan fingerprint density at radius 3 is 1.33 bits per heavy atom. The summed E-state index contributed by atoms with van der Waals surface area (Å²) in [6, 6.07) is 13.0. The molecule has 0 amide bonds. The van der Waals surface area contributed by atoms with E-state index >= 15 is 0 Å². The van der Waals surface area contributed by atoms with Crippen molar-refractivity contribution in [2.24, 2.45) is 11.8 Å². The summed E-state index contributed by atoms with van der Waals surface area (Å²) in [5, 5.41) is 0.971. The summed E-state index contributed by atoms with van der Waals surface area (Å²) >= 11 is 11.9. The molecule has 36 heavy (non-hydrogen) atoms. The fourth-order valence-corrected chi connectivity index (χ4v) is 4.35. The highest BCUT2D eigenvalue weighted by molar-refractivity contribution is 6.30. The maximum Gasteiger partial charge on any atom is 0.313 e. The summed E-state index contributed by atoms with van der Waals surface area (Å²) in [6.07, 6.45) is -0.480. The summed E-state index contributed by atoms with van der Waals surface area (Å²) in [4.78, 5) is 51.8. The van der Waals surface area contributed by atoms with Crippen LogP contribution in [-0.4, -0.2) is 49.9 Å². The number of benzene rings is 2. The van der Waals surface area contributed by atoms with Gasteiger partial charge in [-0.3, -0.25) is 19.2 Å². The number of methoxy groups -OCH3 is 2. The van der Waals surface area contributed by atoms with Crippen molar-refractivity contribution in [1.29, 1.82) is 0 Å². The van der Waals surface area contributed by atoms with E-state index in [1.165, 1.54) is 12.2 Å². The van der Waals surface area contributed by atoms with Crippen LogP contribution in [0.25, 0.3) is 11.5 Å². The molecule has 0 saturated carbocycles.